The molecular weight excluding hydrogens is 180 g/mol. The van der Waals surface area contributed by atoms with Gasteiger partial charge in [0.1, 0.15) is 0 Å². The van der Waals surface area contributed by atoms with Crippen LogP contribution in [0.1, 0.15) is 19.8 Å². The van der Waals surface area contributed by atoms with Crippen molar-refractivity contribution >= 4 is 15.2 Å². The molecule has 0 fully saturated rings. The van der Waals surface area contributed by atoms with Crippen molar-refractivity contribution in [2.75, 3.05) is 6.61 Å². The minimum atomic E-state index is -2.91. The number of carbonyl (C=O) groups excluding carboxylic acids is 1. The number of hydrogen-bond acceptors (Lipinski definition) is 4. The van der Waals surface area contributed by atoms with Crippen LogP contribution in [0.15, 0.2) is 0 Å². The lowest BCUT2D eigenvalue weighted by Crippen LogP contribution is -2.24. The number of nitrogens with two attached hydrogens (primary N) is 2. The quantitative estimate of drug-likeness (QED) is 0.421. The summed E-state index contributed by atoms with van der Waals surface area (Å²) in [6.45, 7) is 2.32. The first-order chi connectivity index (χ1) is 5.50. The highest BCUT2D eigenvalue weighted by Crippen LogP contribution is 1.84. The van der Waals surface area contributed by atoms with E-state index < -0.39 is 15.2 Å². The summed E-state index contributed by atoms with van der Waals surface area (Å²) in [5.74, 6) is 0. The normalized spacial score (nSPS) is 7.75. The molecule has 2 amide bonds. The van der Waals surface area contributed by atoms with Crippen molar-refractivity contribution < 1.29 is 18.5 Å². The zero-order chi connectivity index (χ0) is 9.98. The fourth-order valence-electron chi connectivity index (χ4n) is 0.300. The summed E-state index contributed by atoms with van der Waals surface area (Å²) >= 11 is 0. The van der Waals surface area contributed by atoms with Gasteiger partial charge >= 0.3 is 15.2 Å². The molecule has 0 saturated carbocycles. The monoisotopic (exact) mass is 193 g/mol. The highest BCUT2D eigenvalue weighted by molar-refractivity contribution is 6.21. The molecule has 7 heteroatoms. The highest BCUT2D eigenvalue weighted by Gasteiger charge is 1.83. The van der Waals surface area contributed by atoms with E-state index >= 15 is 0 Å². The van der Waals surface area contributed by atoms with Crippen LogP contribution in [0, 0.1) is 0 Å². The maximum Gasteiger partial charge on any atom is 0.413 e. The van der Waals surface area contributed by atoms with E-state index in [1.165, 1.54) is 0 Å². The number of primary amides is 2. The third kappa shape index (κ3) is 36.6. The molecule has 4 N–H and O–H groups in total. The Morgan fingerprint density at radius 2 is 2.00 bits per heavy atom. The van der Waals surface area contributed by atoms with Gasteiger partial charge in [-0.3, -0.25) is 0 Å². The Kier molecular flexibility index (Phi) is 11.1. The summed E-state index contributed by atoms with van der Waals surface area (Å²) in [7, 11) is -2.91. The molecule has 0 atom stereocenters. The lowest BCUT2D eigenvalue weighted by molar-refractivity contribution is -0.229. The van der Waals surface area contributed by atoms with Crippen LogP contribution in [0.3, 0.4) is 0 Å². The Hall–Kier alpha value is -1.11. The van der Waals surface area contributed by atoms with Gasteiger partial charge in [0.2, 0.25) is 0 Å². The number of amides is 2. The molecule has 0 aliphatic heterocycles. The predicted octanol–water partition coefficient (Wildman–Crippen LogP) is -1.40. The summed E-state index contributed by atoms with van der Waals surface area (Å²) < 4.78 is 14.0. The van der Waals surface area contributed by atoms with Crippen molar-refractivity contribution in [2.45, 2.75) is 19.8 Å². The van der Waals surface area contributed by atoms with Crippen molar-refractivity contribution in [3.05, 3.63) is 0 Å². The zero-order valence-corrected chi connectivity index (χ0v) is 7.91. The Labute approximate surface area is 72.4 Å². The van der Waals surface area contributed by atoms with Crippen LogP contribution in [0.2, 0.25) is 0 Å². The molecule has 0 bridgehead atoms. The zero-order valence-electron chi connectivity index (χ0n) is 6.91. The van der Waals surface area contributed by atoms with E-state index in [2.05, 4.69) is 15.9 Å². The molecule has 12 heavy (non-hydrogen) atoms. The minimum Gasteiger partial charge on any atom is -0.588 e. The Morgan fingerprint density at radius 1 is 1.58 bits per heavy atom. The average molecular weight is 193 g/mol. The van der Waals surface area contributed by atoms with Gasteiger partial charge in [-0.15, -0.1) is 0 Å². The van der Waals surface area contributed by atoms with Crippen LogP contribution in [0.4, 0.5) is 4.79 Å². The summed E-state index contributed by atoms with van der Waals surface area (Å²) in [6.07, 6.45) is 1.79. The minimum absolute atomic E-state index is 0.345. The molecule has 0 unspecified atom stereocenters. The molecule has 0 aromatic heterocycles. The molecule has 0 aromatic carbocycles. The smallest absolute Gasteiger partial charge is 0.413 e. The van der Waals surface area contributed by atoms with Gasteiger partial charge in [0, 0.05) is 6.61 Å². The molecule has 0 spiro atoms. The summed E-state index contributed by atoms with van der Waals surface area (Å²) in [6, 6.07) is -0.833. The third-order valence-corrected chi connectivity index (χ3v) is 1.16. The van der Waals surface area contributed by atoms with E-state index in [-0.39, 0.29) is 0 Å². The van der Waals surface area contributed by atoms with E-state index in [0.29, 0.717) is 6.61 Å². The second-order valence-corrected chi connectivity index (χ2v) is 2.64. The van der Waals surface area contributed by atoms with Crippen molar-refractivity contribution in [1.82, 2.24) is 0 Å². The van der Waals surface area contributed by atoms with Crippen LogP contribution >= 0.6 is 0 Å². The lowest BCUT2D eigenvalue weighted by Gasteiger charge is -2.03. The maximum atomic E-state index is 9.73. The fraction of sp³-hybridized carbons (Fsp3) is 0.800. The largest absolute Gasteiger partial charge is 0.588 e. The number of unbranched alkanes of at least 4 members (excludes halogenated alkanes) is 1. The van der Waals surface area contributed by atoms with Crippen molar-refractivity contribution in [3.8, 4) is 0 Å². The first-order valence-corrected chi connectivity index (χ1v) is 4.61. The van der Waals surface area contributed by atoms with Crippen LogP contribution in [-0.2, 0) is 8.89 Å². The van der Waals surface area contributed by atoms with Crippen LogP contribution in [-0.4, -0.2) is 21.8 Å². The fourth-order valence-corrected chi connectivity index (χ4v) is 0.611. The van der Waals surface area contributed by atoms with Gasteiger partial charge in [-0.1, -0.05) is 13.3 Å². The van der Waals surface area contributed by atoms with Crippen molar-refractivity contribution in [2.24, 2.45) is 11.5 Å². The van der Waals surface area contributed by atoms with Gasteiger partial charge in [0.05, 0.1) is 0 Å². The molecule has 0 saturated heterocycles. The van der Waals surface area contributed by atoms with Crippen molar-refractivity contribution in [1.29, 1.82) is 0 Å². The number of rotatable bonds is 4. The molecule has 0 rings (SSSR count). The van der Waals surface area contributed by atoms with Gasteiger partial charge in [0.15, 0.2) is 0 Å². The number of carbonyl (C=O) groups is 1. The molecule has 6 nitrogen and oxygen atoms in total. The second-order valence-electron chi connectivity index (χ2n) is 1.85. The highest BCUT2D eigenvalue weighted by atomic mass is 28.3. The standard InChI is InChI=1S/C4H9O3Si.CH4N2O/c1-2-3-4-7-8(5)6;2-1(3)4/h2-4H2,1H3;(H4,2,3,4)/q-1;. The first-order valence-electron chi connectivity index (χ1n) is 3.39. The average Bonchev–Trinajstić information content (AvgIpc) is 1.86. The van der Waals surface area contributed by atoms with E-state index in [9.17, 15) is 9.26 Å². The van der Waals surface area contributed by atoms with Gasteiger partial charge in [0.25, 0.3) is 0 Å². The first kappa shape index (κ1) is 13.5. The van der Waals surface area contributed by atoms with Crippen molar-refractivity contribution in [3.63, 3.8) is 0 Å². The van der Waals surface area contributed by atoms with E-state index in [0.717, 1.165) is 12.8 Å². The van der Waals surface area contributed by atoms with Gasteiger partial charge < -0.3 is 25.2 Å². The van der Waals surface area contributed by atoms with Gasteiger partial charge in [-0.05, 0) is 6.42 Å². The molecule has 0 aliphatic carbocycles. The maximum absolute atomic E-state index is 9.73. The Bertz CT molecular complexity index is 137. The SMILES string of the molecule is CCCCO[Si](=O)[O-].NC(N)=O. The van der Waals surface area contributed by atoms with Crippen LogP contribution in [0.25, 0.3) is 0 Å². The second kappa shape index (κ2) is 9.89. The van der Waals surface area contributed by atoms with Crippen LogP contribution in [0.5, 0.6) is 0 Å². The number of hydrogen-bond donors (Lipinski definition) is 2. The van der Waals surface area contributed by atoms with E-state index in [1.807, 2.05) is 6.92 Å². The topological polar surface area (TPSA) is 118 Å². The lowest BCUT2D eigenvalue weighted by atomic mass is 10.4. The van der Waals surface area contributed by atoms with Crippen LogP contribution < -0.4 is 16.3 Å². The third-order valence-electron chi connectivity index (χ3n) is 0.718. The predicted molar refractivity (Wildman–Crippen MR) is 41.1 cm³/mol. The van der Waals surface area contributed by atoms with Gasteiger partial charge in [-0.25, -0.2) is 4.79 Å². The number of urea groups is 1. The van der Waals surface area contributed by atoms with E-state index in [4.69, 9.17) is 4.79 Å². The Morgan fingerprint density at radius 3 is 2.25 bits per heavy atom. The molecule has 0 heterocycles. The summed E-state index contributed by atoms with van der Waals surface area (Å²) in [5, 5.41) is 0. The molecular formula is C5H13N2O4Si-. The molecule has 0 aliphatic rings. The molecule has 72 valence electrons. The Balaban J connectivity index is 0. The molecule has 0 radical (unpaired) electrons. The summed E-state index contributed by atoms with van der Waals surface area (Å²) in [5.41, 5.74) is 8.50. The summed E-state index contributed by atoms with van der Waals surface area (Å²) in [4.78, 5) is 18.7. The van der Waals surface area contributed by atoms with E-state index in [1.54, 1.807) is 0 Å². The van der Waals surface area contributed by atoms with Gasteiger partial charge in [-0.2, -0.15) is 0 Å². The molecule has 0 aromatic rings.